The summed E-state index contributed by atoms with van der Waals surface area (Å²) in [6.45, 7) is 4.76. The van der Waals surface area contributed by atoms with Crippen molar-refractivity contribution in [3.05, 3.63) is 35.9 Å². The molecule has 0 aliphatic carbocycles. The van der Waals surface area contributed by atoms with Gasteiger partial charge in [-0.05, 0) is 37.1 Å². The Morgan fingerprint density at radius 3 is 2.50 bits per heavy atom. The van der Waals surface area contributed by atoms with Gasteiger partial charge in [0.15, 0.2) is 0 Å². The number of amides is 2. The van der Waals surface area contributed by atoms with Gasteiger partial charge in [0.25, 0.3) is 0 Å². The van der Waals surface area contributed by atoms with Gasteiger partial charge in [-0.3, -0.25) is 0 Å². The Hall–Kier alpha value is -2.30. The Morgan fingerprint density at radius 1 is 1.20 bits per heavy atom. The highest BCUT2D eigenvalue weighted by Gasteiger charge is 2.00. The molecule has 2 amide bonds. The second kappa shape index (κ2) is 8.74. The van der Waals surface area contributed by atoms with E-state index in [4.69, 9.17) is 4.74 Å². The molecule has 1 aromatic carbocycles. The topological polar surface area (TPSA) is 67.4 Å². The molecule has 0 bridgehead atoms. The van der Waals surface area contributed by atoms with E-state index in [2.05, 4.69) is 10.6 Å². The molecule has 0 aliphatic rings. The number of ether oxygens (including phenoxy) is 1. The Morgan fingerprint density at radius 2 is 1.90 bits per heavy atom. The predicted octanol–water partition coefficient (Wildman–Crippen LogP) is 2.79. The zero-order chi connectivity index (χ0) is 14.8. The summed E-state index contributed by atoms with van der Waals surface area (Å²) in [6, 6.07) is 6.95. The molecule has 0 aliphatic heterocycles. The molecule has 5 nitrogen and oxygen atoms in total. The SMILES string of the molecule is CCCNC(=O)Nc1ccc(/C=C/C(=O)OCC)cc1. The van der Waals surface area contributed by atoms with Crippen LogP contribution in [-0.2, 0) is 9.53 Å². The lowest BCUT2D eigenvalue weighted by Crippen LogP contribution is -2.29. The molecule has 0 atom stereocenters. The number of rotatable bonds is 6. The summed E-state index contributed by atoms with van der Waals surface area (Å²) < 4.78 is 4.79. The normalized spacial score (nSPS) is 10.3. The van der Waals surface area contributed by atoms with Crippen molar-refractivity contribution in [2.45, 2.75) is 20.3 Å². The Bertz CT molecular complexity index is 467. The van der Waals surface area contributed by atoms with E-state index in [9.17, 15) is 9.59 Å². The lowest BCUT2D eigenvalue weighted by atomic mass is 10.2. The molecule has 0 heterocycles. The molecule has 0 saturated heterocycles. The molecule has 0 radical (unpaired) electrons. The minimum Gasteiger partial charge on any atom is -0.463 e. The summed E-state index contributed by atoms with van der Waals surface area (Å²) in [7, 11) is 0. The van der Waals surface area contributed by atoms with Crippen molar-refractivity contribution < 1.29 is 14.3 Å². The van der Waals surface area contributed by atoms with Crippen LogP contribution < -0.4 is 10.6 Å². The number of esters is 1. The van der Waals surface area contributed by atoms with Crippen LogP contribution in [-0.4, -0.2) is 25.2 Å². The summed E-state index contributed by atoms with van der Waals surface area (Å²) in [6.07, 6.45) is 3.93. The van der Waals surface area contributed by atoms with Gasteiger partial charge in [-0.15, -0.1) is 0 Å². The van der Waals surface area contributed by atoms with Crippen LogP contribution in [0.5, 0.6) is 0 Å². The van der Waals surface area contributed by atoms with Crippen LogP contribution in [0, 0.1) is 0 Å². The molecule has 2 N–H and O–H groups in total. The fourth-order valence-electron chi connectivity index (χ4n) is 1.45. The van der Waals surface area contributed by atoms with Crippen LogP contribution in [0.3, 0.4) is 0 Å². The summed E-state index contributed by atoms with van der Waals surface area (Å²) in [4.78, 5) is 22.6. The molecule has 1 rings (SSSR count). The molecule has 0 spiro atoms. The predicted molar refractivity (Wildman–Crippen MR) is 79.4 cm³/mol. The number of anilines is 1. The number of nitrogens with one attached hydrogen (secondary N) is 2. The van der Waals surface area contributed by atoms with Gasteiger partial charge in [-0.2, -0.15) is 0 Å². The van der Waals surface area contributed by atoms with Gasteiger partial charge in [0.2, 0.25) is 0 Å². The summed E-state index contributed by atoms with van der Waals surface area (Å²) in [5.41, 5.74) is 1.56. The van der Waals surface area contributed by atoms with E-state index in [-0.39, 0.29) is 12.0 Å². The van der Waals surface area contributed by atoms with Gasteiger partial charge in [0.1, 0.15) is 0 Å². The largest absolute Gasteiger partial charge is 0.463 e. The zero-order valence-corrected chi connectivity index (χ0v) is 11.8. The first-order valence-corrected chi connectivity index (χ1v) is 6.65. The quantitative estimate of drug-likeness (QED) is 0.620. The summed E-state index contributed by atoms with van der Waals surface area (Å²) in [5, 5.41) is 5.45. The minimum absolute atomic E-state index is 0.221. The van der Waals surface area contributed by atoms with E-state index in [1.165, 1.54) is 6.08 Å². The van der Waals surface area contributed by atoms with Crippen molar-refractivity contribution in [1.82, 2.24) is 5.32 Å². The third kappa shape index (κ3) is 6.04. The fraction of sp³-hybridized carbons (Fsp3) is 0.333. The molecule has 0 unspecified atom stereocenters. The number of carbonyl (C=O) groups excluding carboxylic acids is 2. The monoisotopic (exact) mass is 276 g/mol. The van der Waals surface area contributed by atoms with Crippen molar-refractivity contribution in [3.63, 3.8) is 0 Å². The van der Waals surface area contributed by atoms with Gasteiger partial charge in [-0.25, -0.2) is 9.59 Å². The molecular weight excluding hydrogens is 256 g/mol. The van der Waals surface area contributed by atoms with Gasteiger partial charge < -0.3 is 15.4 Å². The van der Waals surface area contributed by atoms with Crippen LogP contribution in [0.15, 0.2) is 30.3 Å². The first-order valence-electron chi connectivity index (χ1n) is 6.65. The molecule has 0 aromatic heterocycles. The molecule has 1 aromatic rings. The van der Waals surface area contributed by atoms with Gasteiger partial charge in [0, 0.05) is 18.3 Å². The maximum absolute atomic E-state index is 11.4. The second-order valence-corrected chi connectivity index (χ2v) is 4.09. The Balaban J connectivity index is 2.51. The third-order valence-electron chi connectivity index (χ3n) is 2.40. The summed E-state index contributed by atoms with van der Waals surface area (Å²) >= 11 is 0. The molecule has 20 heavy (non-hydrogen) atoms. The standard InChI is InChI=1S/C15H20N2O3/c1-3-11-16-15(19)17-13-8-5-12(6-9-13)7-10-14(18)20-4-2/h5-10H,3-4,11H2,1-2H3,(H2,16,17,19)/b10-7+. The number of carbonyl (C=O) groups is 2. The van der Waals surface area contributed by atoms with E-state index >= 15 is 0 Å². The molecule has 5 heteroatoms. The van der Waals surface area contributed by atoms with E-state index in [0.717, 1.165) is 12.0 Å². The Labute approximate surface area is 119 Å². The van der Waals surface area contributed by atoms with Crippen molar-refractivity contribution >= 4 is 23.8 Å². The van der Waals surface area contributed by atoms with Gasteiger partial charge in [-0.1, -0.05) is 19.1 Å². The number of urea groups is 1. The number of hydrogen-bond donors (Lipinski definition) is 2. The van der Waals surface area contributed by atoms with Crippen molar-refractivity contribution in [2.75, 3.05) is 18.5 Å². The fourth-order valence-corrected chi connectivity index (χ4v) is 1.45. The van der Waals surface area contributed by atoms with E-state index < -0.39 is 0 Å². The van der Waals surface area contributed by atoms with E-state index in [0.29, 0.717) is 18.8 Å². The number of benzene rings is 1. The second-order valence-electron chi connectivity index (χ2n) is 4.09. The van der Waals surface area contributed by atoms with Crippen LogP contribution >= 0.6 is 0 Å². The van der Waals surface area contributed by atoms with Crippen LogP contribution in [0.25, 0.3) is 6.08 Å². The lowest BCUT2D eigenvalue weighted by molar-refractivity contribution is -0.137. The average molecular weight is 276 g/mol. The zero-order valence-electron chi connectivity index (χ0n) is 11.8. The maximum atomic E-state index is 11.4. The molecule has 108 valence electrons. The minimum atomic E-state index is -0.367. The third-order valence-corrected chi connectivity index (χ3v) is 2.40. The summed E-state index contributed by atoms with van der Waals surface area (Å²) in [5.74, 6) is -0.367. The number of hydrogen-bond acceptors (Lipinski definition) is 3. The van der Waals surface area contributed by atoms with Crippen molar-refractivity contribution in [2.24, 2.45) is 0 Å². The smallest absolute Gasteiger partial charge is 0.330 e. The van der Waals surface area contributed by atoms with E-state index in [1.807, 2.05) is 19.1 Å². The van der Waals surface area contributed by atoms with Gasteiger partial charge >= 0.3 is 12.0 Å². The lowest BCUT2D eigenvalue weighted by Gasteiger charge is -2.06. The maximum Gasteiger partial charge on any atom is 0.330 e. The first-order chi connectivity index (χ1) is 9.65. The molecule has 0 fully saturated rings. The van der Waals surface area contributed by atoms with Crippen molar-refractivity contribution in [1.29, 1.82) is 0 Å². The Kier molecular flexibility index (Phi) is 6.89. The first kappa shape index (κ1) is 15.8. The average Bonchev–Trinajstić information content (AvgIpc) is 2.45. The van der Waals surface area contributed by atoms with Crippen LogP contribution in [0.1, 0.15) is 25.8 Å². The van der Waals surface area contributed by atoms with E-state index in [1.54, 1.807) is 25.1 Å². The highest BCUT2D eigenvalue weighted by molar-refractivity contribution is 5.89. The highest BCUT2D eigenvalue weighted by Crippen LogP contribution is 2.10. The molecular formula is C15H20N2O3. The highest BCUT2D eigenvalue weighted by atomic mass is 16.5. The van der Waals surface area contributed by atoms with Crippen molar-refractivity contribution in [3.8, 4) is 0 Å². The molecule has 0 saturated carbocycles. The van der Waals surface area contributed by atoms with Crippen LogP contribution in [0.4, 0.5) is 10.5 Å². The van der Waals surface area contributed by atoms with Gasteiger partial charge in [0.05, 0.1) is 6.61 Å². The van der Waals surface area contributed by atoms with Crippen LogP contribution in [0.2, 0.25) is 0 Å².